The van der Waals surface area contributed by atoms with Crippen molar-refractivity contribution in [3.05, 3.63) is 29.8 Å². The Morgan fingerprint density at radius 2 is 2.05 bits per heavy atom. The molecule has 0 spiro atoms. The molecule has 1 aromatic carbocycles. The van der Waals surface area contributed by atoms with Crippen LogP contribution in [-0.2, 0) is 4.74 Å². The molecule has 1 aromatic rings. The first-order chi connectivity index (χ1) is 10.3. The first-order valence-corrected chi connectivity index (χ1v) is 7.22. The van der Waals surface area contributed by atoms with Crippen molar-refractivity contribution in [2.24, 2.45) is 5.84 Å². The van der Waals surface area contributed by atoms with Crippen LogP contribution in [-0.4, -0.2) is 50.3 Å². The van der Waals surface area contributed by atoms with Crippen LogP contribution in [0.15, 0.2) is 24.3 Å². The molecule has 0 bridgehead atoms. The predicted octanol–water partition coefficient (Wildman–Crippen LogP) is 0.780. The highest BCUT2D eigenvalue weighted by Gasteiger charge is 2.28. The van der Waals surface area contributed by atoms with Gasteiger partial charge in [-0.15, -0.1) is 0 Å². The third-order valence-corrected chi connectivity index (χ3v) is 3.54. The minimum atomic E-state index is -0.343. The summed E-state index contributed by atoms with van der Waals surface area (Å²) < 4.78 is 10.9. The van der Waals surface area contributed by atoms with E-state index < -0.39 is 0 Å². The number of methoxy groups -OCH3 is 1. The van der Waals surface area contributed by atoms with Gasteiger partial charge in [0.25, 0.3) is 5.91 Å². The average Bonchev–Trinajstić information content (AvgIpc) is 3.35. The fourth-order valence-corrected chi connectivity index (χ4v) is 2.26. The number of hydrogen-bond donors (Lipinski definition) is 2. The second-order valence-corrected chi connectivity index (χ2v) is 5.08. The van der Waals surface area contributed by atoms with Crippen LogP contribution in [0.4, 0.5) is 0 Å². The van der Waals surface area contributed by atoms with Gasteiger partial charge in [0.2, 0.25) is 0 Å². The van der Waals surface area contributed by atoms with Gasteiger partial charge in [-0.05, 0) is 25.0 Å². The third-order valence-electron chi connectivity index (χ3n) is 3.54. The van der Waals surface area contributed by atoms with Crippen molar-refractivity contribution in [1.29, 1.82) is 0 Å². The highest BCUT2D eigenvalue weighted by Crippen LogP contribution is 2.26. The summed E-state index contributed by atoms with van der Waals surface area (Å²) in [7, 11) is 1.71. The summed E-state index contributed by atoms with van der Waals surface area (Å²) in [5.74, 6) is 5.39. The second-order valence-electron chi connectivity index (χ2n) is 5.08. The van der Waals surface area contributed by atoms with Crippen LogP contribution < -0.4 is 16.0 Å². The molecular weight excluding hydrogens is 270 g/mol. The molecule has 0 aliphatic heterocycles. The molecule has 2 rings (SSSR count). The molecule has 6 nitrogen and oxygen atoms in total. The van der Waals surface area contributed by atoms with Crippen molar-refractivity contribution < 1.29 is 14.3 Å². The highest BCUT2D eigenvalue weighted by molar-refractivity contribution is 5.96. The van der Waals surface area contributed by atoms with Gasteiger partial charge in [0.05, 0.1) is 12.2 Å². The Morgan fingerprint density at radius 1 is 1.33 bits per heavy atom. The molecule has 0 radical (unpaired) electrons. The summed E-state index contributed by atoms with van der Waals surface area (Å²) in [6, 6.07) is 7.76. The maximum absolute atomic E-state index is 11.6. The Balaban J connectivity index is 1.86. The van der Waals surface area contributed by atoms with E-state index in [2.05, 4.69) is 10.3 Å². The Labute approximate surface area is 125 Å². The lowest BCUT2D eigenvalue weighted by molar-refractivity contribution is 0.0947. The van der Waals surface area contributed by atoms with Gasteiger partial charge in [-0.1, -0.05) is 12.1 Å². The zero-order chi connectivity index (χ0) is 15.1. The fraction of sp³-hybridized carbons (Fsp3) is 0.533. The predicted molar refractivity (Wildman–Crippen MR) is 80.1 cm³/mol. The molecule has 0 atom stereocenters. The van der Waals surface area contributed by atoms with Crippen LogP contribution in [0, 0.1) is 0 Å². The Hall–Kier alpha value is -1.63. The number of nitrogens with one attached hydrogen (secondary N) is 1. The minimum absolute atomic E-state index is 0.343. The van der Waals surface area contributed by atoms with E-state index in [0.29, 0.717) is 24.0 Å². The molecule has 3 N–H and O–H groups in total. The van der Waals surface area contributed by atoms with Gasteiger partial charge in [0.15, 0.2) is 0 Å². The summed E-state index contributed by atoms with van der Waals surface area (Å²) in [4.78, 5) is 14.0. The SMILES string of the molecule is COCCN(CCOc1ccccc1C(=O)NN)C1CC1. The lowest BCUT2D eigenvalue weighted by atomic mass is 10.2. The van der Waals surface area contributed by atoms with Crippen molar-refractivity contribution in [1.82, 2.24) is 10.3 Å². The second kappa shape index (κ2) is 7.97. The van der Waals surface area contributed by atoms with Crippen molar-refractivity contribution in [3.8, 4) is 5.75 Å². The Morgan fingerprint density at radius 3 is 2.71 bits per heavy atom. The molecule has 1 aliphatic carbocycles. The number of nitrogens with zero attached hydrogens (tertiary/aromatic N) is 1. The van der Waals surface area contributed by atoms with Gasteiger partial charge in [-0.25, -0.2) is 5.84 Å². The van der Waals surface area contributed by atoms with E-state index in [1.165, 1.54) is 12.8 Å². The zero-order valence-corrected chi connectivity index (χ0v) is 12.4. The summed E-state index contributed by atoms with van der Waals surface area (Å²) in [6.45, 7) is 3.00. The summed E-state index contributed by atoms with van der Waals surface area (Å²) in [6.07, 6.45) is 2.49. The first kappa shape index (κ1) is 15.8. The number of hydrogen-bond acceptors (Lipinski definition) is 5. The van der Waals surface area contributed by atoms with E-state index in [0.717, 1.165) is 19.7 Å². The monoisotopic (exact) mass is 293 g/mol. The smallest absolute Gasteiger partial charge is 0.268 e. The van der Waals surface area contributed by atoms with Gasteiger partial charge in [-0.3, -0.25) is 15.1 Å². The van der Waals surface area contributed by atoms with Crippen molar-refractivity contribution in [2.75, 3.05) is 33.4 Å². The molecule has 0 aromatic heterocycles. The lowest BCUT2D eigenvalue weighted by Crippen LogP contribution is -2.34. The van der Waals surface area contributed by atoms with E-state index in [-0.39, 0.29) is 5.91 Å². The van der Waals surface area contributed by atoms with E-state index in [4.69, 9.17) is 15.3 Å². The van der Waals surface area contributed by atoms with E-state index in [1.807, 2.05) is 6.07 Å². The fourth-order valence-electron chi connectivity index (χ4n) is 2.26. The molecule has 21 heavy (non-hydrogen) atoms. The van der Waals surface area contributed by atoms with Crippen LogP contribution in [0.25, 0.3) is 0 Å². The van der Waals surface area contributed by atoms with Crippen LogP contribution in [0.1, 0.15) is 23.2 Å². The number of carbonyl (C=O) groups is 1. The molecule has 1 amide bonds. The number of hydrazine groups is 1. The number of benzene rings is 1. The molecule has 0 heterocycles. The van der Waals surface area contributed by atoms with Gasteiger partial charge < -0.3 is 9.47 Å². The molecule has 1 saturated carbocycles. The topological polar surface area (TPSA) is 76.8 Å². The van der Waals surface area contributed by atoms with Gasteiger partial charge >= 0.3 is 0 Å². The van der Waals surface area contributed by atoms with Crippen LogP contribution >= 0.6 is 0 Å². The standard InChI is InChI=1S/C15H23N3O3/c1-20-10-8-18(12-6-7-12)9-11-21-14-5-3-2-4-13(14)15(19)17-16/h2-5,12H,6-11,16H2,1H3,(H,17,19). The Kier molecular flexibility index (Phi) is 5.98. The number of para-hydroxylation sites is 1. The Bertz CT molecular complexity index is 463. The molecule has 1 fully saturated rings. The van der Waals surface area contributed by atoms with Crippen LogP contribution in [0.2, 0.25) is 0 Å². The molecule has 116 valence electrons. The first-order valence-electron chi connectivity index (χ1n) is 7.22. The zero-order valence-electron chi connectivity index (χ0n) is 12.4. The number of carbonyl (C=O) groups excluding carboxylic acids is 1. The normalized spacial score (nSPS) is 14.2. The van der Waals surface area contributed by atoms with Crippen molar-refractivity contribution in [2.45, 2.75) is 18.9 Å². The maximum Gasteiger partial charge on any atom is 0.268 e. The number of nitrogens with two attached hydrogens (primary N) is 1. The average molecular weight is 293 g/mol. The van der Waals surface area contributed by atoms with Gasteiger partial charge in [0, 0.05) is 26.2 Å². The third kappa shape index (κ3) is 4.70. The quantitative estimate of drug-likeness (QED) is 0.400. The molecule has 0 unspecified atom stereocenters. The largest absolute Gasteiger partial charge is 0.491 e. The van der Waals surface area contributed by atoms with E-state index >= 15 is 0 Å². The number of amides is 1. The van der Waals surface area contributed by atoms with Crippen LogP contribution in [0.5, 0.6) is 5.75 Å². The molecule has 0 saturated heterocycles. The number of nitrogen functional groups attached to an aromatic ring is 1. The minimum Gasteiger partial charge on any atom is -0.491 e. The molecular formula is C15H23N3O3. The van der Waals surface area contributed by atoms with Gasteiger partial charge in [0.1, 0.15) is 12.4 Å². The summed E-state index contributed by atoms with van der Waals surface area (Å²) >= 11 is 0. The molecule has 1 aliphatic rings. The van der Waals surface area contributed by atoms with Crippen LogP contribution in [0.3, 0.4) is 0 Å². The maximum atomic E-state index is 11.6. The number of ether oxygens (including phenoxy) is 2. The van der Waals surface area contributed by atoms with E-state index in [9.17, 15) is 4.79 Å². The van der Waals surface area contributed by atoms with Crippen molar-refractivity contribution in [3.63, 3.8) is 0 Å². The van der Waals surface area contributed by atoms with Crippen molar-refractivity contribution >= 4 is 5.91 Å². The summed E-state index contributed by atoms with van der Waals surface area (Å²) in [5.41, 5.74) is 2.58. The summed E-state index contributed by atoms with van der Waals surface area (Å²) in [5, 5.41) is 0. The van der Waals surface area contributed by atoms with Gasteiger partial charge in [-0.2, -0.15) is 0 Å². The lowest BCUT2D eigenvalue weighted by Gasteiger charge is -2.21. The highest BCUT2D eigenvalue weighted by atomic mass is 16.5. The van der Waals surface area contributed by atoms with E-state index in [1.54, 1.807) is 25.3 Å². The number of rotatable bonds is 9. The molecule has 6 heteroatoms.